The molecule has 0 radical (unpaired) electrons. The number of carbonyl (C=O) groups is 1. The van der Waals surface area contributed by atoms with Gasteiger partial charge in [0, 0.05) is 41.9 Å². The van der Waals surface area contributed by atoms with Crippen LogP contribution in [0.1, 0.15) is 15.4 Å². The maximum absolute atomic E-state index is 12.1. The van der Waals surface area contributed by atoms with Gasteiger partial charge in [0.05, 0.1) is 17.8 Å². The van der Waals surface area contributed by atoms with Crippen LogP contribution in [0.3, 0.4) is 0 Å². The van der Waals surface area contributed by atoms with E-state index in [0.717, 1.165) is 16.3 Å². The third-order valence-corrected chi connectivity index (χ3v) is 4.39. The molecule has 24 heavy (non-hydrogen) atoms. The molecule has 0 aliphatic rings. The Balaban J connectivity index is 1.55. The average molecular weight is 339 g/mol. The minimum atomic E-state index is -0.111. The van der Waals surface area contributed by atoms with Crippen LogP contribution >= 0.6 is 11.3 Å². The molecule has 6 heteroatoms. The van der Waals surface area contributed by atoms with E-state index < -0.39 is 0 Å². The van der Waals surface area contributed by atoms with Gasteiger partial charge in [0.2, 0.25) is 0 Å². The molecule has 0 fully saturated rings. The molecule has 2 heterocycles. The van der Waals surface area contributed by atoms with Crippen molar-refractivity contribution in [2.75, 3.05) is 13.7 Å². The zero-order valence-corrected chi connectivity index (χ0v) is 14.0. The number of rotatable bonds is 6. The van der Waals surface area contributed by atoms with Crippen LogP contribution in [-0.2, 0) is 6.42 Å². The highest BCUT2D eigenvalue weighted by molar-refractivity contribution is 7.09. The normalized spacial score (nSPS) is 10.4. The summed E-state index contributed by atoms with van der Waals surface area (Å²) in [4.78, 5) is 20.7. The molecule has 0 spiro atoms. The summed E-state index contributed by atoms with van der Waals surface area (Å²) >= 11 is 1.60. The Labute approximate surface area is 144 Å². The Hall–Kier alpha value is -2.73. The van der Waals surface area contributed by atoms with Crippen LogP contribution in [0.4, 0.5) is 0 Å². The Morgan fingerprint density at radius 3 is 2.88 bits per heavy atom. The van der Waals surface area contributed by atoms with Crippen LogP contribution in [0.5, 0.6) is 5.75 Å². The largest absolute Gasteiger partial charge is 0.497 e. The molecule has 0 unspecified atom stereocenters. The highest BCUT2D eigenvalue weighted by Gasteiger charge is 2.08. The van der Waals surface area contributed by atoms with Crippen molar-refractivity contribution in [3.8, 4) is 17.0 Å². The lowest BCUT2D eigenvalue weighted by atomic mass is 10.2. The third kappa shape index (κ3) is 3.97. The molecular weight excluding hydrogens is 322 g/mol. The first-order valence-corrected chi connectivity index (χ1v) is 8.41. The van der Waals surface area contributed by atoms with Gasteiger partial charge in [0.1, 0.15) is 5.75 Å². The molecule has 1 N–H and O–H groups in total. The maximum Gasteiger partial charge on any atom is 0.251 e. The number of benzene rings is 1. The molecule has 0 aliphatic carbocycles. The highest BCUT2D eigenvalue weighted by atomic mass is 32.1. The van der Waals surface area contributed by atoms with E-state index in [-0.39, 0.29) is 5.91 Å². The van der Waals surface area contributed by atoms with E-state index in [0.29, 0.717) is 24.3 Å². The van der Waals surface area contributed by atoms with E-state index in [1.54, 1.807) is 49.0 Å². The fourth-order valence-electron chi connectivity index (χ4n) is 2.23. The van der Waals surface area contributed by atoms with Crippen LogP contribution < -0.4 is 10.1 Å². The molecular formula is C18H17N3O2S. The van der Waals surface area contributed by atoms with Gasteiger partial charge in [-0.2, -0.15) is 0 Å². The minimum Gasteiger partial charge on any atom is -0.497 e. The number of amides is 1. The number of ether oxygens (including phenoxy) is 1. The van der Waals surface area contributed by atoms with Crippen molar-refractivity contribution in [1.29, 1.82) is 0 Å². The fraction of sp³-hybridized carbons (Fsp3) is 0.167. The first kappa shape index (κ1) is 16.1. The molecule has 3 aromatic rings. The van der Waals surface area contributed by atoms with E-state index >= 15 is 0 Å². The topological polar surface area (TPSA) is 64.1 Å². The first-order chi connectivity index (χ1) is 11.8. The Bertz CT molecular complexity index is 818. The second-order valence-electron chi connectivity index (χ2n) is 5.10. The van der Waals surface area contributed by atoms with E-state index in [1.165, 1.54) is 0 Å². The van der Waals surface area contributed by atoms with Gasteiger partial charge in [-0.1, -0.05) is 6.07 Å². The van der Waals surface area contributed by atoms with Crippen molar-refractivity contribution in [2.45, 2.75) is 6.42 Å². The summed E-state index contributed by atoms with van der Waals surface area (Å²) < 4.78 is 5.13. The van der Waals surface area contributed by atoms with Crippen molar-refractivity contribution >= 4 is 17.2 Å². The summed E-state index contributed by atoms with van der Waals surface area (Å²) in [5.74, 6) is 0.560. The summed E-state index contributed by atoms with van der Waals surface area (Å²) in [6.07, 6.45) is 4.21. The Morgan fingerprint density at radius 2 is 2.08 bits per heavy atom. The number of carbonyl (C=O) groups excluding carboxylic acids is 1. The number of methoxy groups -OCH3 is 1. The summed E-state index contributed by atoms with van der Waals surface area (Å²) in [6.45, 7) is 0.541. The fourth-order valence-corrected chi connectivity index (χ4v) is 3.04. The van der Waals surface area contributed by atoms with Gasteiger partial charge in [-0.15, -0.1) is 11.3 Å². The molecule has 0 saturated carbocycles. The van der Waals surface area contributed by atoms with Gasteiger partial charge in [-0.25, -0.2) is 4.98 Å². The molecule has 5 nitrogen and oxygen atoms in total. The zero-order chi connectivity index (χ0) is 16.8. The second kappa shape index (κ2) is 7.70. The quantitative estimate of drug-likeness (QED) is 0.749. The number of thiazole rings is 1. The van der Waals surface area contributed by atoms with Crippen molar-refractivity contribution in [3.05, 3.63) is 64.7 Å². The molecule has 122 valence electrons. The Morgan fingerprint density at radius 1 is 1.25 bits per heavy atom. The van der Waals surface area contributed by atoms with E-state index in [4.69, 9.17) is 4.74 Å². The van der Waals surface area contributed by atoms with Crippen molar-refractivity contribution in [1.82, 2.24) is 15.3 Å². The number of hydrogen-bond acceptors (Lipinski definition) is 5. The standard InChI is InChI=1S/C18H17N3O2S/c1-23-15-4-2-3-14(11-15)18(22)20-10-7-17-21-16(12-24-17)13-5-8-19-9-6-13/h2-6,8-9,11-12H,7,10H2,1H3,(H,20,22). The van der Waals surface area contributed by atoms with Gasteiger partial charge < -0.3 is 10.1 Å². The lowest BCUT2D eigenvalue weighted by Crippen LogP contribution is -2.25. The summed E-state index contributed by atoms with van der Waals surface area (Å²) in [5.41, 5.74) is 2.58. The van der Waals surface area contributed by atoms with Crippen molar-refractivity contribution in [3.63, 3.8) is 0 Å². The van der Waals surface area contributed by atoms with Crippen LogP contribution in [0.15, 0.2) is 54.2 Å². The van der Waals surface area contributed by atoms with Crippen LogP contribution in [0, 0.1) is 0 Å². The molecule has 2 aromatic heterocycles. The van der Waals surface area contributed by atoms with Gasteiger partial charge in [-0.05, 0) is 30.3 Å². The number of nitrogens with zero attached hydrogens (tertiary/aromatic N) is 2. The molecule has 3 rings (SSSR count). The zero-order valence-electron chi connectivity index (χ0n) is 13.2. The predicted molar refractivity (Wildman–Crippen MR) is 94.4 cm³/mol. The monoisotopic (exact) mass is 339 g/mol. The third-order valence-electron chi connectivity index (χ3n) is 3.48. The Kier molecular flexibility index (Phi) is 5.18. The minimum absolute atomic E-state index is 0.111. The van der Waals surface area contributed by atoms with Crippen LogP contribution in [0.2, 0.25) is 0 Å². The van der Waals surface area contributed by atoms with E-state index in [1.807, 2.05) is 23.6 Å². The lowest BCUT2D eigenvalue weighted by molar-refractivity contribution is 0.0954. The smallest absolute Gasteiger partial charge is 0.251 e. The number of pyridine rings is 1. The summed E-state index contributed by atoms with van der Waals surface area (Å²) in [5, 5.41) is 5.93. The molecule has 0 bridgehead atoms. The number of nitrogens with one attached hydrogen (secondary N) is 1. The van der Waals surface area contributed by atoms with Gasteiger partial charge in [0.25, 0.3) is 5.91 Å². The molecule has 0 atom stereocenters. The van der Waals surface area contributed by atoms with Crippen LogP contribution in [-0.4, -0.2) is 29.5 Å². The maximum atomic E-state index is 12.1. The van der Waals surface area contributed by atoms with Crippen LogP contribution in [0.25, 0.3) is 11.3 Å². The number of aromatic nitrogens is 2. The highest BCUT2D eigenvalue weighted by Crippen LogP contribution is 2.21. The van der Waals surface area contributed by atoms with Crippen molar-refractivity contribution in [2.24, 2.45) is 0 Å². The SMILES string of the molecule is COc1cccc(C(=O)NCCc2nc(-c3ccncc3)cs2)c1. The summed E-state index contributed by atoms with van der Waals surface area (Å²) in [6, 6.07) is 11.0. The van der Waals surface area contributed by atoms with Gasteiger partial charge >= 0.3 is 0 Å². The molecule has 1 aromatic carbocycles. The number of hydrogen-bond donors (Lipinski definition) is 1. The first-order valence-electron chi connectivity index (χ1n) is 7.53. The molecule has 1 amide bonds. The molecule has 0 saturated heterocycles. The average Bonchev–Trinajstić information content (AvgIpc) is 3.11. The van der Waals surface area contributed by atoms with Crippen molar-refractivity contribution < 1.29 is 9.53 Å². The van der Waals surface area contributed by atoms with Gasteiger partial charge in [-0.3, -0.25) is 9.78 Å². The molecule has 0 aliphatic heterocycles. The second-order valence-corrected chi connectivity index (χ2v) is 6.04. The lowest BCUT2D eigenvalue weighted by Gasteiger charge is -2.05. The predicted octanol–water partition coefficient (Wildman–Crippen LogP) is 3.19. The summed E-state index contributed by atoms with van der Waals surface area (Å²) in [7, 11) is 1.58. The van der Waals surface area contributed by atoms with E-state index in [9.17, 15) is 4.79 Å². The van der Waals surface area contributed by atoms with E-state index in [2.05, 4.69) is 15.3 Å². The van der Waals surface area contributed by atoms with Gasteiger partial charge in [0.15, 0.2) is 0 Å².